The summed E-state index contributed by atoms with van der Waals surface area (Å²) in [6, 6.07) is 16.4. The van der Waals surface area contributed by atoms with E-state index in [1.165, 1.54) is 5.56 Å². The highest BCUT2D eigenvalue weighted by Crippen LogP contribution is 2.29. The van der Waals surface area contributed by atoms with Crippen molar-refractivity contribution in [3.63, 3.8) is 0 Å². The molecule has 2 N–H and O–H groups in total. The number of aliphatic imine (C=N–C) groups is 1. The van der Waals surface area contributed by atoms with E-state index in [2.05, 4.69) is 41.5 Å². The van der Waals surface area contributed by atoms with Gasteiger partial charge in [-0.3, -0.25) is 4.99 Å². The van der Waals surface area contributed by atoms with Crippen molar-refractivity contribution in [2.45, 2.75) is 38.6 Å². The van der Waals surface area contributed by atoms with Gasteiger partial charge in [-0.05, 0) is 57.4 Å². The van der Waals surface area contributed by atoms with E-state index in [4.69, 9.17) is 0 Å². The van der Waals surface area contributed by atoms with Crippen molar-refractivity contribution in [3.8, 4) is 5.75 Å². The Balaban J connectivity index is 1.98. The van der Waals surface area contributed by atoms with Crippen LogP contribution in [0.4, 0.5) is 5.69 Å². The van der Waals surface area contributed by atoms with Crippen molar-refractivity contribution in [2.75, 3.05) is 7.05 Å². The molecule has 0 aliphatic rings. The predicted molar refractivity (Wildman–Crippen MR) is 97.9 cm³/mol. The molecule has 1 atom stereocenters. The molecule has 23 heavy (non-hydrogen) atoms. The van der Waals surface area contributed by atoms with Gasteiger partial charge in [0.1, 0.15) is 5.75 Å². The number of phenols is 1. The fourth-order valence-electron chi connectivity index (χ4n) is 2.48. The molecule has 0 heterocycles. The van der Waals surface area contributed by atoms with Gasteiger partial charge in [-0.1, -0.05) is 36.4 Å². The molecule has 0 aliphatic carbocycles. The zero-order chi connectivity index (χ0) is 16.5. The molecule has 0 radical (unpaired) electrons. The third-order valence-electron chi connectivity index (χ3n) is 4.08. The maximum Gasteiger partial charge on any atom is 0.120 e. The third kappa shape index (κ3) is 5.53. The first-order valence-corrected chi connectivity index (χ1v) is 8.25. The lowest BCUT2D eigenvalue weighted by Gasteiger charge is -2.12. The van der Waals surface area contributed by atoms with Crippen molar-refractivity contribution >= 4 is 11.9 Å². The van der Waals surface area contributed by atoms with Crippen LogP contribution in [-0.2, 0) is 12.8 Å². The number of hydrogen-bond donors (Lipinski definition) is 2. The van der Waals surface area contributed by atoms with Crippen molar-refractivity contribution in [1.29, 1.82) is 0 Å². The van der Waals surface area contributed by atoms with Gasteiger partial charge >= 0.3 is 0 Å². The van der Waals surface area contributed by atoms with Crippen molar-refractivity contribution in [1.82, 2.24) is 5.32 Å². The Morgan fingerprint density at radius 2 is 1.87 bits per heavy atom. The minimum absolute atomic E-state index is 0.339. The molecular weight excluding hydrogens is 284 g/mol. The monoisotopic (exact) mass is 310 g/mol. The normalized spacial score (nSPS) is 12.6. The summed E-state index contributed by atoms with van der Waals surface area (Å²) >= 11 is 0. The van der Waals surface area contributed by atoms with Crippen LogP contribution >= 0.6 is 0 Å². The topological polar surface area (TPSA) is 44.6 Å². The van der Waals surface area contributed by atoms with Gasteiger partial charge in [-0.2, -0.15) is 0 Å². The lowest BCUT2D eigenvalue weighted by Crippen LogP contribution is -2.21. The van der Waals surface area contributed by atoms with Gasteiger partial charge in [0.05, 0.1) is 5.69 Å². The van der Waals surface area contributed by atoms with Crippen LogP contribution in [0.1, 0.15) is 30.9 Å². The van der Waals surface area contributed by atoms with Crippen LogP contribution in [0.3, 0.4) is 0 Å². The maximum absolute atomic E-state index is 10.1. The summed E-state index contributed by atoms with van der Waals surface area (Å²) in [7, 11) is 1.96. The number of benzene rings is 2. The summed E-state index contributed by atoms with van der Waals surface area (Å²) in [6.45, 7) is 2.14. The predicted octanol–water partition coefficient (Wildman–Crippen LogP) is 4.27. The highest BCUT2D eigenvalue weighted by atomic mass is 16.3. The smallest absolute Gasteiger partial charge is 0.120 e. The van der Waals surface area contributed by atoms with E-state index in [0.717, 1.165) is 36.9 Å². The van der Waals surface area contributed by atoms with Gasteiger partial charge in [-0.15, -0.1) is 0 Å². The first kappa shape index (κ1) is 17.2. The minimum atomic E-state index is 0.339. The quantitative estimate of drug-likeness (QED) is 0.715. The highest BCUT2D eigenvalue weighted by molar-refractivity contribution is 5.66. The minimum Gasteiger partial charge on any atom is -0.508 e. The summed E-state index contributed by atoms with van der Waals surface area (Å²) in [5.74, 6) is 0.339. The second-order valence-electron chi connectivity index (χ2n) is 5.84. The van der Waals surface area contributed by atoms with Gasteiger partial charge in [-0.25, -0.2) is 0 Å². The second-order valence-corrected chi connectivity index (χ2v) is 5.84. The molecule has 0 aromatic heterocycles. The van der Waals surface area contributed by atoms with Crippen molar-refractivity contribution in [2.24, 2.45) is 4.99 Å². The molecule has 0 saturated heterocycles. The molecule has 3 nitrogen and oxygen atoms in total. The average molecular weight is 310 g/mol. The number of rotatable bonds is 8. The molecule has 3 heteroatoms. The van der Waals surface area contributed by atoms with Crippen LogP contribution in [0, 0.1) is 0 Å². The molecule has 122 valence electrons. The van der Waals surface area contributed by atoms with Gasteiger partial charge in [0, 0.05) is 17.8 Å². The molecule has 0 spiro atoms. The van der Waals surface area contributed by atoms with E-state index in [-0.39, 0.29) is 0 Å². The van der Waals surface area contributed by atoms with Crippen LogP contribution in [0.2, 0.25) is 0 Å². The molecule has 2 rings (SSSR count). The zero-order valence-corrected chi connectivity index (χ0v) is 14.0. The van der Waals surface area contributed by atoms with E-state index in [1.54, 1.807) is 6.07 Å². The molecule has 1 unspecified atom stereocenters. The molecule has 2 aromatic carbocycles. The van der Waals surface area contributed by atoms with Crippen molar-refractivity contribution < 1.29 is 5.11 Å². The number of aromatic hydroxyl groups is 1. The fourth-order valence-corrected chi connectivity index (χ4v) is 2.48. The van der Waals surface area contributed by atoms with E-state index >= 15 is 0 Å². The summed E-state index contributed by atoms with van der Waals surface area (Å²) in [5, 5.41) is 13.3. The van der Waals surface area contributed by atoms with Crippen LogP contribution < -0.4 is 5.32 Å². The summed E-state index contributed by atoms with van der Waals surface area (Å²) in [4.78, 5) is 4.58. The maximum atomic E-state index is 10.1. The van der Waals surface area contributed by atoms with Crippen LogP contribution in [0.25, 0.3) is 0 Å². The van der Waals surface area contributed by atoms with E-state index < -0.39 is 0 Å². The van der Waals surface area contributed by atoms with E-state index in [0.29, 0.717) is 11.8 Å². The molecule has 0 aliphatic heterocycles. The number of phenolic OH excluding ortho intramolecular Hbond substituents is 1. The number of hydrogen-bond acceptors (Lipinski definition) is 3. The summed E-state index contributed by atoms with van der Waals surface area (Å²) < 4.78 is 0. The molecule has 0 bridgehead atoms. The molecule has 2 aromatic rings. The van der Waals surface area contributed by atoms with Gasteiger partial charge in [0.2, 0.25) is 0 Å². The first-order valence-electron chi connectivity index (χ1n) is 8.25. The van der Waals surface area contributed by atoms with Gasteiger partial charge in [0.15, 0.2) is 0 Å². The van der Waals surface area contributed by atoms with Crippen LogP contribution in [0.5, 0.6) is 5.75 Å². The third-order valence-corrected chi connectivity index (χ3v) is 4.08. The largest absolute Gasteiger partial charge is 0.508 e. The molecular formula is C20H26N2O. The standard InChI is InChI=1S/C20H26N2O/c1-16(21-2)13-14-18-19(11-6-12-20(18)23)22-15-7-10-17-8-4-3-5-9-17/h3-6,8-9,11-12,15-16,21,23H,7,10,13-14H2,1-2H3/b22-15+. The SMILES string of the molecule is CNC(C)CCc1c(O)cccc1/N=C/CCc1ccccc1. The molecule has 0 fully saturated rings. The fraction of sp³-hybridized carbons (Fsp3) is 0.350. The second kappa shape index (κ2) is 9.11. The van der Waals surface area contributed by atoms with E-state index in [9.17, 15) is 5.11 Å². The summed E-state index contributed by atoms with van der Waals surface area (Å²) in [6.07, 6.45) is 5.62. The number of nitrogens with one attached hydrogen (secondary N) is 1. The van der Waals surface area contributed by atoms with Crippen LogP contribution in [-0.4, -0.2) is 24.4 Å². The molecule has 0 saturated carbocycles. The highest BCUT2D eigenvalue weighted by Gasteiger charge is 2.08. The first-order chi connectivity index (χ1) is 11.2. The van der Waals surface area contributed by atoms with Crippen molar-refractivity contribution in [3.05, 3.63) is 59.7 Å². The Hall–Kier alpha value is -2.13. The Bertz CT molecular complexity index is 623. The number of nitrogens with zero attached hydrogens (tertiary/aromatic N) is 1. The van der Waals surface area contributed by atoms with Crippen LogP contribution in [0.15, 0.2) is 53.5 Å². The lowest BCUT2D eigenvalue weighted by molar-refractivity contribution is 0.464. The van der Waals surface area contributed by atoms with Gasteiger partial charge in [0.25, 0.3) is 0 Å². The Morgan fingerprint density at radius 3 is 2.61 bits per heavy atom. The lowest BCUT2D eigenvalue weighted by atomic mass is 10.0. The summed E-state index contributed by atoms with van der Waals surface area (Å²) in [5.41, 5.74) is 3.13. The Kier molecular flexibility index (Phi) is 6.82. The van der Waals surface area contributed by atoms with E-state index in [1.807, 2.05) is 31.5 Å². The van der Waals surface area contributed by atoms with Gasteiger partial charge < -0.3 is 10.4 Å². The molecule has 0 amide bonds. The average Bonchev–Trinajstić information content (AvgIpc) is 2.58. The number of aryl methyl sites for hydroxylation is 1. The zero-order valence-electron chi connectivity index (χ0n) is 14.0. The Labute approximate surface area is 139 Å². The Morgan fingerprint density at radius 1 is 1.09 bits per heavy atom.